The lowest BCUT2D eigenvalue weighted by Gasteiger charge is -2.09. The van der Waals surface area contributed by atoms with Gasteiger partial charge in [0.05, 0.1) is 6.54 Å². The van der Waals surface area contributed by atoms with Gasteiger partial charge in [-0.15, -0.1) is 0 Å². The standard InChI is InChI=1S/C19H23N3O2/c1-15(23)22-18-11-9-17(10-12-18)21-14-19(24)20-13-5-8-16-6-3-2-4-7-16/h2-4,6-7,9-12,21H,5,8,13-14H2,1H3,(H,20,24)(H,22,23). The Kier molecular flexibility index (Phi) is 6.83. The van der Waals surface area contributed by atoms with Gasteiger partial charge >= 0.3 is 0 Å². The third-order valence-corrected chi connectivity index (χ3v) is 3.47. The van der Waals surface area contributed by atoms with Crippen molar-refractivity contribution in [2.75, 3.05) is 23.7 Å². The van der Waals surface area contributed by atoms with Gasteiger partial charge in [0.25, 0.3) is 0 Å². The summed E-state index contributed by atoms with van der Waals surface area (Å²) < 4.78 is 0. The fourth-order valence-corrected chi connectivity index (χ4v) is 2.28. The Bertz CT molecular complexity index is 654. The van der Waals surface area contributed by atoms with Crippen LogP contribution < -0.4 is 16.0 Å². The maximum atomic E-state index is 11.8. The van der Waals surface area contributed by atoms with E-state index in [0.29, 0.717) is 6.54 Å². The van der Waals surface area contributed by atoms with E-state index in [4.69, 9.17) is 0 Å². The molecule has 0 aliphatic carbocycles. The van der Waals surface area contributed by atoms with Crippen LogP contribution in [-0.4, -0.2) is 24.9 Å². The summed E-state index contributed by atoms with van der Waals surface area (Å²) in [6.07, 6.45) is 1.88. The molecule has 2 aromatic carbocycles. The molecular formula is C19H23N3O2. The molecule has 5 nitrogen and oxygen atoms in total. The van der Waals surface area contributed by atoms with E-state index in [1.807, 2.05) is 30.3 Å². The van der Waals surface area contributed by atoms with Gasteiger partial charge in [-0.3, -0.25) is 9.59 Å². The molecule has 0 unspecified atom stereocenters. The summed E-state index contributed by atoms with van der Waals surface area (Å²) in [5.74, 6) is -0.139. The van der Waals surface area contributed by atoms with Crippen molar-refractivity contribution in [3.05, 3.63) is 60.2 Å². The monoisotopic (exact) mass is 325 g/mol. The van der Waals surface area contributed by atoms with E-state index in [9.17, 15) is 9.59 Å². The molecule has 0 atom stereocenters. The largest absolute Gasteiger partial charge is 0.376 e. The number of amides is 2. The normalized spacial score (nSPS) is 10.0. The number of aryl methyl sites for hydroxylation is 1. The van der Waals surface area contributed by atoms with Gasteiger partial charge in [-0.1, -0.05) is 30.3 Å². The highest BCUT2D eigenvalue weighted by molar-refractivity contribution is 5.88. The number of benzene rings is 2. The Hall–Kier alpha value is -2.82. The Morgan fingerprint density at radius 2 is 1.58 bits per heavy atom. The van der Waals surface area contributed by atoms with E-state index >= 15 is 0 Å². The van der Waals surface area contributed by atoms with Gasteiger partial charge in [-0.2, -0.15) is 0 Å². The summed E-state index contributed by atoms with van der Waals surface area (Å²) in [6.45, 7) is 2.36. The van der Waals surface area contributed by atoms with E-state index in [1.54, 1.807) is 12.1 Å². The molecule has 2 rings (SSSR count). The van der Waals surface area contributed by atoms with Crippen LogP contribution in [0.15, 0.2) is 54.6 Å². The summed E-state index contributed by atoms with van der Waals surface area (Å²) in [4.78, 5) is 22.8. The minimum Gasteiger partial charge on any atom is -0.376 e. The number of anilines is 2. The molecule has 3 N–H and O–H groups in total. The van der Waals surface area contributed by atoms with E-state index in [-0.39, 0.29) is 18.4 Å². The van der Waals surface area contributed by atoms with Crippen LogP contribution in [0.2, 0.25) is 0 Å². The van der Waals surface area contributed by atoms with Crippen LogP contribution in [0.3, 0.4) is 0 Å². The SMILES string of the molecule is CC(=O)Nc1ccc(NCC(=O)NCCCc2ccccc2)cc1. The second-order valence-corrected chi connectivity index (χ2v) is 5.55. The van der Waals surface area contributed by atoms with Crippen molar-refractivity contribution < 1.29 is 9.59 Å². The molecule has 0 saturated heterocycles. The van der Waals surface area contributed by atoms with Crippen molar-refractivity contribution in [3.8, 4) is 0 Å². The van der Waals surface area contributed by atoms with Crippen LogP contribution in [0, 0.1) is 0 Å². The van der Waals surface area contributed by atoms with E-state index in [2.05, 4.69) is 28.1 Å². The fourth-order valence-electron chi connectivity index (χ4n) is 2.28. The summed E-state index contributed by atoms with van der Waals surface area (Å²) in [6, 6.07) is 17.5. The molecule has 24 heavy (non-hydrogen) atoms. The minimum atomic E-state index is -0.106. The van der Waals surface area contributed by atoms with Crippen LogP contribution in [0.5, 0.6) is 0 Å². The lowest BCUT2D eigenvalue weighted by Crippen LogP contribution is -2.30. The van der Waals surface area contributed by atoms with Gasteiger partial charge < -0.3 is 16.0 Å². The van der Waals surface area contributed by atoms with Crippen molar-refractivity contribution >= 4 is 23.2 Å². The number of nitrogens with one attached hydrogen (secondary N) is 3. The Morgan fingerprint density at radius 1 is 0.917 bits per heavy atom. The number of carbonyl (C=O) groups is 2. The summed E-state index contributed by atoms with van der Waals surface area (Å²) in [7, 11) is 0. The molecule has 5 heteroatoms. The lowest BCUT2D eigenvalue weighted by molar-refractivity contribution is -0.119. The van der Waals surface area contributed by atoms with Crippen molar-refractivity contribution in [2.45, 2.75) is 19.8 Å². The first-order valence-electron chi connectivity index (χ1n) is 8.05. The van der Waals surface area contributed by atoms with Gasteiger partial charge in [0.2, 0.25) is 11.8 Å². The summed E-state index contributed by atoms with van der Waals surface area (Å²) in [5.41, 5.74) is 2.85. The van der Waals surface area contributed by atoms with Crippen molar-refractivity contribution in [1.29, 1.82) is 0 Å². The molecule has 0 bridgehead atoms. The average Bonchev–Trinajstić information content (AvgIpc) is 2.58. The maximum Gasteiger partial charge on any atom is 0.239 e. The first kappa shape index (κ1) is 17.5. The molecule has 2 aromatic rings. The smallest absolute Gasteiger partial charge is 0.239 e. The minimum absolute atomic E-state index is 0.0333. The topological polar surface area (TPSA) is 70.2 Å². The molecule has 0 aliphatic heterocycles. The number of carbonyl (C=O) groups excluding carboxylic acids is 2. The highest BCUT2D eigenvalue weighted by atomic mass is 16.2. The molecular weight excluding hydrogens is 302 g/mol. The van der Waals surface area contributed by atoms with Crippen LogP contribution in [0.1, 0.15) is 18.9 Å². The molecule has 0 radical (unpaired) electrons. The predicted octanol–water partition coefficient (Wildman–Crippen LogP) is 2.81. The highest BCUT2D eigenvalue weighted by Crippen LogP contribution is 2.13. The Balaban J connectivity index is 1.63. The van der Waals surface area contributed by atoms with E-state index < -0.39 is 0 Å². The first-order chi connectivity index (χ1) is 11.6. The molecule has 2 amide bonds. The molecule has 0 aromatic heterocycles. The van der Waals surface area contributed by atoms with Crippen LogP contribution in [0.25, 0.3) is 0 Å². The second-order valence-electron chi connectivity index (χ2n) is 5.55. The third-order valence-electron chi connectivity index (χ3n) is 3.47. The molecule has 0 saturated carbocycles. The van der Waals surface area contributed by atoms with Crippen LogP contribution in [-0.2, 0) is 16.0 Å². The molecule has 0 heterocycles. The molecule has 126 valence electrons. The summed E-state index contributed by atoms with van der Waals surface area (Å²) >= 11 is 0. The molecule has 0 aliphatic rings. The van der Waals surface area contributed by atoms with Crippen LogP contribution in [0.4, 0.5) is 11.4 Å². The van der Waals surface area contributed by atoms with Gasteiger partial charge in [0, 0.05) is 24.8 Å². The van der Waals surface area contributed by atoms with Crippen molar-refractivity contribution in [3.63, 3.8) is 0 Å². The number of rotatable bonds is 8. The van der Waals surface area contributed by atoms with Gasteiger partial charge in [0.1, 0.15) is 0 Å². The van der Waals surface area contributed by atoms with E-state index in [0.717, 1.165) is 24.2 Å². The zero-order valence-electron chi connectivity index (χ0n) is 13.8. The van der Waals surface area contributed by atoms with Crippen molar-refractivity contribution in [1.82, 2.24) is 5.32 Å². The van der Waals surface area contributed by atoms with Gasteiger partial charge in [-0.05, 0) is 42.7 Å². The molecule has 0 fully saturated rings. The lowest BCUT2D eigenvalue weighted by atomic mass is 10.1. The third kappa shape index (κ3) is 6.52. The van der Waals surface area contributed by atoms with Crippen LogP contribution >= 0.6 is 0 Å². The Labute approximate surface area is 142 Å². The first-order valence-corrected chi connectivity index (χ1v) is 8.05. The fraction of sp³-hybridized carbons (Fsp3) is 0.263. The maximum absolute atomic E-state index is 11.8. The number of hydrogen-bond acceptors (Lipinski definition) is 3. The molecule has 0 spiro atoms. The van der Waals surface area contributed by atoms with E-state index in [1.165, 1.54) is 12.5 Å². The zero-order valence-corrected chi connectivity index (χ0v) is 13.8. The van der Waals surface area contributed by atoms with Gasteiger partial charge in [-0.25, -0.2) is 0 Å². The van der Waals surface area contributed by atoms with Gasteiger partial charge in [0.15, 0.2) is 0 Å². The predicted molar refractivity (Wildman–Crippen MR) is 97.0 cm³/mol. The summed E-state index contributed by atoms with van der Waals surface area (Å²) in [5, 5.41) is 8.66. The van der Waals surface area contributed by atoms with Crippen molar-refractivity contribution in [2.24, 2.45) is 0 Å². The quantitative estimate of drug-likeness (QED) is 0.654. The average molecular weight is 325 g/mol. The Morgan fingerprint density at radius 3 is 2.25 bits per heavy atom. The number of hydrogen-bond donors (Lipinski definition) is 3. The highest BCUT2D eigenvalue weighted by Gasteiger charge is 2.01. The second kappa shape index (κ2) is 9.35. The zero-order chi connectivity index (χ0) is 17.2.